The molecule has 24 heavy (non-hydrogen) atoms. The average Bonchev–Trinajstić information content (AvgIpc) is 3.04. The van der Waals surface area contributed by atoms with E-state index in [0.29, 0.717) is 18.8 Å². The second-order valence-electron chi connectivity index (χ2n) is 5.55. The zero-order valence-corrected chi connectivity index (χ0v) is 14.2. The fourth-order valence-electron chi connectivity index (χ4n) is 2.52. The predicted molar refractivity (Wildman–Crippen MR) is 97.7 cm³/mol. The van der Waals surface area contributed by atoms with Gasteiger partial charge in [0, 0.05) is 29.2 Å². The van der Waals surface area contributed by atoms with E-state index in [4.69, 9.17) is 0 Å². The van der Waals surface area contributed by atoms with Crippen molar-refractivity contribution in [2.45, 2.75) is 6.92 Å². The molecule has 3 rings (SSSR count). The molecule has 1 aliphatic rings. The van der Waals surface area contributed by atoms with E-state index in [-0.39, 0.29) is 24.0 Å². The number of rotatable bonds is 5. The Balaban J connectivity index is 0.00000208. The summed E-state index contributed by atoms with van der Waals surface area (Å²) in [6.45, 7) is 2.53. The van der Waals surface area contributed by atoms with Crippen molar-refractivity contribution in [1.29, 1.82) is 0 Å². The molecular formula is C19H19ClN2O2. The van der Waals surface area contributed by atoms with Crippen molar-refractivity contribution in [2.75, 3.05) is 18.1 Å². The Hall–Kier alpha value is -2.59. The zero-order chi connectivity index (χ0) is 16.2. The average molecular weight is 343 g/mol. The SMILES string of the molecule is CC(=O)c1ccc(N2C=CN(CC(=O)c3ccccc3)C2)cc1.Cl. The van der Waals surface area contributed by atoms with Crippen LogP contribution >= 0.6 is 12.4 Å². The number of carbonyl (C=O) groups excluding carboxylic acids is 2. The Labute approximate surface area is 147 Å². The molecule has 0 aliphatic carbocycles. The fourth-order valence-corrected chi connectivity index (χ4v) is 2.52. The van der Waals surface area contributed by atoms with Crippen LogP contribution in [0.2, 0.25) is 0 Å². The normalized spacial score (nSPS) is 12.9. The van der Waals surface area contributed by atoms with Gasteiger partial charge in [-0.05, 0) is 31.2 Å². The number of ketones is 2. The maximum atomic E-state index is 12.2. The van der Waals surface area contributed by atoms with Crippen molar-refractivity contribution in [1.82, 2.24) is 4.90 Å². The largest absolute Gasteiger partial charge is 0.351 e. The zero-order valence-electron chi connectivity index (χ0n) is 13.4. The van der Waals surface area contributed by atoms with Crippen molar-refractivity contribution in [3.63, 3.8) is 0 Å². The van der Waals surface area contributed by atoms with E-state index in [9.17, 15) is 9.59 Å². The van der Waals surface area contributed by atoms with Gasteiger partial charge in [-0.15, -0.1) is 12.4 Å². The van der Waals surface area contributed by atoms with Gasteiger partial charge in [-0.25, -0.2) is 0 Å². The highest BCUT2D eigenvalue weighted by Crippen LogP contribution is 2.20. The van der Waals surface area contributed by atoms with E-state index in [1.807, 2.05) is 76.8 Å². The van der Waals surface area contributed by atoms with Crippen molar-refractivity contribution in [3.8, 4) is 0 Å². The molecule has 0 amide bonds. The van der Waals surface area contributed by atoms with E-state index in [1.165, 1.54) is 0 Å². The third kappa shape index (κ3) is 4.03. The molecule has 0 spiro atoms. The summed E-state index contributed by atoms with van der Waals surface area (Å²) < 4.78 is 0. The smallest absolute Gasteiger partial charge is 0.182 e. The minimum Gasteiger partial charge on any atom is -0.351 e. The maximum absolute atomic E-state index is 12.2. The van der Waals surface area contributed by atoms with Gasteiger partial charge >= 0.3 is 0 Å². The molecule has 0 atom stereocenters. The van der Waals surface area contributed by atoms with Gasteiger partial charge in [0.25, 0.3) is 0 Å². The predicted octanol–water partition coefficient (Wildman–Crippen LogP) is 3.74. The van der Waals surface area contributed by atoms with Crippen molar-refractivity contribution >= 4 is 29.7 Å². The molecule has 2 aromatic rings. The van der Waals surface area contributed by atoms with E-state index in [1.54, 1.807) is 6.92 Å². The van der Waals surface area contributed by atoms with Gasteiger partial charge in [0.1, 0.15) is 0 Å². The summed E-state index contributed by atoms with van der Waals surface area (Å²) in [5.74, 6) is 0.160. The molecule has 0 fully saturated rings. The highest BCUT2D eigenvalue weighted by Gasteiger charge is 2.17. The van der Waals surface area contributed by atoms with Crippen molar-refractivity contribution in [2.24, 2.45) is 0 Å². The number of hydrogen-bond acceptors (Lipinski definition) is 4. The van der Waals surface area contributed by atoms with E-state index < -0.39 is 0 Å². The second kappa shape index (κ2) is 7.79. The molecule has 2 aromatic carbocycles. The molecule has 0 unspecified atom stereocenters. The fraction of sp³-hybridized carbons (Fsp3) is 0.158. The highest BCUT2D eigenvalue weighted by atomic mass is 35.5. The van der Waals surface area contributed by atoms with E-state index in [2.05, 4.69) is 0 Å². The molecule has 0 N–H and O–H groups in total. The van der Waals surface area contributed by atoms with E-state index >= 15 is 0 Å². The minimum atomic E-state index is 0. The first-order valence-electron chi connectivity index (χ1n) is 7.52. The summed E-state index contributed by atoms with van der Waals surface area (Å²) in [4.78, 5) is 27.6. The van der Waals surface area contributed by atoms with Crippen LogP contribution in [-0.4, -0.2) is 29.7 Å². The molecule has 1 heterocycles. The second-order valence-corrected chi connectivity index (χ2v) is 5.55. The third-order valence-corrected chi connectivity index (χ3v) is 3.84. The summed E-state index contributed by atoms with van der Waals surface area (Å²) in [7, 11) is 0. The molecule has 4 nitrogen and oxygen atoms in total. The van der Waals surface area contributed by atoms with Gasteiger partial charge in [-0.1, -0.05) is 30.3 Å². The van der Waals surface area contributed by atoms with Crippen molar-refractivity contribution in [3.05, 3.63) is 78.1 Å². The molecule has 0 bridgehead atoms. The Morgan fingerprint density at radius 2 is 1.58 bits per heavy atom. The van der Waals surface area contributed by atoms with E-state index in [0.717, 1.165) is 11.3 Å². The quantitative estimate of drug-likeness (QED) is 0.776. The lowest BCUT2D eigenvalue weighted by molar-refractivity contribution is 0.0958. The number of hydrogen-bond donors (Lipinski definition) is 0. The Kier molecular flexibility index (Phi) is 5.77. The van der Waals surface area contributed by atoms with Crippen LogP contribution in [0.25, 0.3) is 0 Å². The van der Waals surface area contributed by atoms with Crippen LogP contribution in [0, 0.1) is 0 Å². The first-order valence-corrected chi connectivity index (χ1v) is 7.52. The van der Waals surface area contributed by atoms with Gasteiger partial charge in [0.05, 0.1) is 13.2 Å². The topological polar surface area (TPSA) is 40.6 Å². The lowest BCUT2D eigenvalue weighted by Crippen LogP contribution is -2.29. The lowest BCUT2D eigenvalue weighted by atomic mass is 10.1. The summed E-state index contributed by atoms with van der Waals surface area (Å²) in [6.07, 6.45) is 3.86. The van der Waals surface area contributed by atoms with Crippen molar-refractivity contribution < 1.29 is 9.59 Å². The Bertz CT molecular complexity index is 742. The van der Waals surface area contributed by atoms with Crippen LogP contribution in [0.15, 0.2) is 67.0 Å². The summed E-state index contributed by atoms with van der Waals surface area (Å²) in [6, 6.07) is 16.8. The Morgan fingerprint density at radius 1 is 0.917 bits per heavy atom. The summed E-state index contributed by atoms with van der Waals surface area (Å²) in [5.41, 5.74) is 2.43. The van der Waals surface area contributed by atoms with Crippen LogP contribution in [0.1, 0.15) is 27.6 Å². The standard InChI is InChI=1S/C19H18N2O2.ClH/c1-15(22)16-7-9-18(10-8-16)21-12-11-20(14-21)13-19(23)17-5-3-2-4-6-17;/h2-12H,13-14H2,1H3;1H. The summed E-state index contributed by atoms with van der Waals surface area (Å²) >= 11 is 0. The molecule has 124 valence electrons. The molecule has 0 radical (unpaired) electrons. The minimum absolute atomic E-state index is 0. The first kappa shape index (κ1) is 17.8. The Morgan fingerprint density at radius 3 is 2.21 bits per heavy atom. The number of halogens is 1. The van der Waals surface area contributed by atoms with Crippen LogP contribution in [0.3, 0.4) is 0 Å². The lowest BCUT2D eigenvalue weighted by Gasteiger charge is -2.21. The number of Topliss-reactive ketones (excluding diaryl/α,β-unsaturated/α-hetero) is 2. The number of anilines is 1. The first-order chi connectivity index (χ1) is 11.1. The number of carbonyl (C=O) groups is 2. The van der Waals surface area contributed by atoms with Gasteiger partial charge in [-0.2, -0.15) is 0 Å². The van der Waals surface area contributed by atoms with Gasteiger partial charge in [0.15, 0.2) is 11.6 Å². The monoisotopic (exact) mass is 342 g/mol. The van der Waals surface area contributed by atoms with Gasteiger partial charge < -0.3 is 9.80 Å². The van der Waals surface area contributed by atoms with Crippen LogP contribution in [-0.2, 0) is 0 Å². The molecular weight excluding hydrogens is 324 g/mol. The van der Waals surface area contributed by atoms with Crippen LogP contribution in [0.4, 0.5) is 5.69 Å². The molecule has 0 aromatic heterocycles. The molecule has 0 saturated heterocycles. The van der Waals surface area contributed by atoms with Crippen LogP contribution < -0.4 is 4.90 Å². The molecule has 5 heteroatoms. The van der Waals surface area contributed by atoms with Gasteiger partial charge in [0.2, 0.25) is 0 Å². The molecule has 1 aliphatic heterocycles. The number of nitrogens with zero attached hydrogens (tertiary/aromatic N) is 2. The third-order valence-electron chi connectivity index (χ3n) is 3.84. The molecule has 0 saturated carbocycles. The maximum Gasteiger partial charge on any atom is 0.182 e. The summed E-state index contributed by atoms with van der Waals surface area (Å²) in [5, 5.41) is 0. The highest BCUT2D eigenvalue weighted by molar-refractivity contribution is 5.97. The van der Waals surface area contributed by atoms with Gasteiger partial charge in [-0.3, -0.25) is 9.59 Å². The van der Waals surface area contributed by atoms with Crippen LogP contribution in [0.5, 0.6) is 0 Å². The number of benzene rings is 2.